The Morgan fingerprint density at radius 2 is 2.11 bits per heavy atom. The molecule has 3 heteroatoms. The predicted molar refractivity (Wildman–Crippen MR) is 72.6 cm³/mol. The van der Waals surface area contributed by atoms with Crippen LogP contribution in [0.15, 0.2) is 18.2 Å². The maximum atomic E-state index is 13.7. The number of benzene rings is 1. The molecule has 0 heterocycles. The lowest BCUT2D eigenvalue weighted by molar-refractivity contribution is -0.144. The molecule has 0 radical (unpaired) electrons. The molecule has 1 fully saturated rings. The number of halogens is 1. The highest BCUT2D eigenvalue weighted by Gasteiger charge is 2.39. The zero-order chi connectivity index (χ0) is 14.2. The second kappa shape index (κ2) is 4.95. The van der Waals surface area contributed by atoms with Crippen molar-refractivity contribution in [1.82, 2.24) is 0 Å². The lowest BCUT2D eigenvalue weighted by Crippen LogP contribution is -2.33. The van der Waals surface area contributed by atoms with Crippen LogP contribution in [0.25, 0.3) is 0 Å². The summed E-state index contributed by atoms with van der Waals surface area (Å²) in [6.45, 7) is 6.03. The summed E-state index contributed by atoms with van der Waals surface area (Å²) >= 11 is 0. The SMILES string of the molecule is Cc1ccc(C2CC(C)(C)CCC2C(=O)O)cc1F. The molecule has 0 spiro atoms. The van der Waals surface area contributed by atoms with Gasteiger partial charge in [0.2, 0.25) is 0 Å². The van der Waals surface area contributed by atoms with E-state index in [4.69, 9.17) is 0 Å². The monoisotopic (exact) mass is 264 g/mol. The van der Waals surface area contributed by atoms with Crippen molar-refractivity contribution < 1.29 is 14.3 Å². The Morgan fingerprint density at radius 3 is 2.68 bits per heavy atom. The van der Waals surface area contributed by atoms with Gasteiger partial charge in [-0.2, -0.15) is 0 Å². The van der Waals surface area contributed by atoms with E-state index in [1.165, 1.54) is 6.07 Å². The molecule has 0 aliphatic heterocycles. The molecule has 2 nitrogen and oxygen atoms in total. The molecule has 1 aromatic rings. The Hall–Kier alpha value is -1.38. The van der Waals surface area contributed by atoms with Gasteiger partial charge in [-0.25, -0.2) is 4.39 Å². The summed E-state index contributed by atoms with van der Waals surface area (Å²) in [7, 11) is 0. The molecule has 1 aliphatic rings. The number of rotatable bonds is 2. The summed E-state index contributed by atoms with van der Waals surface area (Å²) in [4.78, 5) is 11.4. The van der Waals surface area contributed by atoms with E-state index in [0.29, 0.717) is 12.0 Å². The van der Waals surface area contributed by atoms with Crippen molar-refractivity contribution in [3.05, 3.63) is 35.1 Å². The molecule has 0 bridgehead atoms. The standard InChI is InChI=1S/C16H21FO2/c1-10-4-5-11(8-14(10)17)13-9-16(2,3)7-6-12(13)15(18)19/h4-5,8,12-13H,6-7,9H2,1-3H3,(H,18,19). The highest BCUT2D eigenvalue weighted by atomic mass is 19.1. The van der Waals surface area contributed by atoms with Crippen molar-refractivity contribution in [2.45, 2.75) is 46.0 Å². The number of aryl methyl sites for hydroxylation is 1. The maximum absolute atomic E-state index is 13.7. The largest absolute Gasteiger partial charge is 0.481 e. The van der Waals surface area contributed by atoms with Crippen LogP contribution in [0.5, 0.6) is 0 Å². The zero-order valence-corrected chi connectivity index (χ0v) is 11.7. The molecular formula is C16H21FO2. The van der Waals surface area contributed by atoms with E-state index in [0.717, 1.165) is 18.4 Å². The first-order valence-corrected chi connectivity index (χ1v) is 6.79. The first-order valence-electron chi connectivity index (χ1n) is 6.79. The van der Waals surface area contributed by atoms with Gasteiger partial charge in [0.15, 0.2) is 0 Å². The molecule has 2 atom stereocenters. The molecule has 2 rings (SSSR count). The molecule has 0 aromatic heterocycles. The smallest absolute Gasteiger partial charge is 0.307 e. The van der Waals surface area contributed by atoms with Crippen molar-refractivity contribution in [3.63, 3.8) is 0 Å². The number of hydrogen-bond donors (Lipinski definition) is 1. The predicted octanol–water partition coefficient (Wildman–Crippen LogP) is 4.13. The van der Waals surface area contributed by atoms with Crippen LogP contribution in [0.3, 0.4) is 0 Å². The molecule has 1 saturated carbocycles. The summed E-state index contributed by atoms with van der Waals surface area (Å²) in [5, 5.41) is 9.37. The third-order valence-electron chi connectivity index (χ3n) is 4.33. The topological polar surface area (TPSA) is 37.3 Å². The van der Waals surface area contributed by atoms with Gasteiger partial charge in [-0.3, -0.25) is 4.79 Å². The van der Waals surface area contributed by atoms with Crippen LogP contribution in [0, 0.1) is 24.1 Å². The third kappa shape index (κ3) is 2.96. The minimum Gasteiger partial charge on any atom is -0.481 e. The highest BCUT2D eigenvalue weighted by molar-refractivity contribution is 5.71. The van der Waals surface area contributed by atoms with E-state index >= 15 is 0 Å². The molecule has 1 aliphatic carbocycles. The Balaban J connectivity index is 2.36. The number of carbonyl (C=O) groups is 1. The van der Waals surface area contributed by atoms with Crippen LogP contribution in [-0.2, 0) is 4.79 Å². The minimum absolute atomic E-state index is 0.0867. The van der Waals surface area contributed by atoms with Gasteiger partial charge in [-0.05, 0) is 54.7 Å². The van der Waals surface area contributed by atoms with Crippen LogP contribution in [0.4, 0.5) is 4.39 Å². The van der Waals surface area contributed by atoms with Gasteiger partial charge in [0, 0.05) is 0 Å². The highest BCUT2D eigenvalue weighted by Crippen LogP contribution is 2.46. The number of carboxylic acid groups (broad SMARTS) is 1. The quantitative estimate of drug-likeness (QED) is 0.872. The van der Waals surface area contributed by atoms with E-state index in [1.807, 2.05) is 6.07 Å². The molecule has 0 amide bonds. The molecule has 1 aromatic carbocycles. The lowest BCUT2D eigenvalue weighted by Gasteiger charge is -2.39. The minimum atomic E-state index is -0.763. The van der Waals surface area contributed by atoms with E-state index in [2.05, 4.69) is 13.8 Å². The number of aliphatic carboxylic acids is 1. The van der Waals surface area contributed by atoms with E-state index in [-0.39, 0.29) is 17.2 Å². The summed E-state index contributed by atoms with van der Waals surface area (Å²) < 4.78 is 13.7. The van der Waals surface area contributed by atoms with Crippen LogP contribution < -0.4 is 0 Å². The van der Waals surface area contributed by atoms with Gasteiger partial charge in [0.05, 0.1) is 5.92 Å². The van der Waals surface area contributed by atoms with Gasteiger partial charge in [-0.1, -0.05) is 26.0 Å². The second-order valence-corrected chi connectivity index (χ2v) is 6.47. The van der Waals surface area contributed by atoms with Crippen molar-refractivity contribution in [2.24, 2.45) is 11.3 Å². The van der Waals surface area contributed by atoms with Crippen LogP contribution in [-0.4, -0.2) is 11.1 Å². The third-order valence-corrected chi connectivity index (χ3v) is 4.33. The zero-order valence-electron chi connectivity index (χ0n) is 11.7. The number of carboxylic acids is 1. The van der Waals surface area contributed by atoms with Gasteiger partial charge in [-0.15, -0.1) is 0 Å². The second-order valence-electron chi connectivity index (χ2n) is 6.47. The van der Waals surface area contributed by atoms with Gasteiger partial charge in [0.25, 0.3) is 0 Å². The normalized spacial score (nSPS) is 26.1. The summed E-state index contributed by atoms with van der Waals surface area (Å²) in [5.41, 5.74) is 1.55. The fourth-order valence-corrected chi connectivity index (χ4v) is 3.07. The molecular weight excluding hydrogens is 243 g/mol. The van der Waals surface area contributed by atoms with Crippen molar-refractivity contribution >= 4 is 5.97 Å². The Bertz CT molecular complexity index is 494. The van der Waals surface area contributed by atoms with E-state index < -0.39 is 11.9 Å². The van der Waals surface area contributed by atoms with Crippen molar-refractivity contribution in [3.8, 4) is 0 Å². The Morgan fingerprint density at radius 1 is 1.42 bits per heavy atom. The fourth-order valence-electron chi connectivity index (χ4n) is 3.07. The van der Waals surface area contributed by atoms with Crippen molar-refractivity contribution in [2.75, 3.05) is 0 Å². The molecule has 2 unspecified atom stereocenters. The molecule has 0 saturated heterocycles. The van der Waals surface area contributed by atoms with Crippen molar-refractivity contribution in [1.29, 1.82) is 0 Å². The van der Waals surface area contributed by atoms with Crippen LogP contribution in [0.1, 0.15) is 50.2 Å². The number of hydrogen-bond acceptors (Lipinski definition) is 1. The summed E-state index contributed by atoms with van der Waals surface area (Å²) in [6, 6.07) is 5.13. The Labute approximate surface area is 113 Å². The first kappa shape index (κ1) is 14.0. The summed E-state index contributed by atoms with van der Waals surface area (Å²) in [5.74, 6) is -1.49. The lowest BCUT2D eigenvalue weighted by atomic mass is 9.65. The van der Waals surface area contributed by atoms with Crippen LogP contribution >= 0.6 is 0 Å². The van der Waals surface area contributed by atoms with Gasteiger partial charge in [0.1, 0.15) is 5.82 Å². The molecule has 104 valence electrons. The first-order chi connectivity index (χ1) is 8.80. The summed E-state index contributed by atoms with van der Waals surface area (Å²) in [6.07, 6.45) is 2.38. The van der Waals surface area contributed by atoms with Gasteiger partial charge < -0.3 is 5.11 Å². The fraction of sp³-hybridized carbons (Fsp3) is 0.562. The van der Waals surface area contributed by atoms with Gasteiger partial charge >= 0.3 is 5.97 Å². The van der Waals surface area contributed by atoms with E-state index in [1.54, 1.807) is 13.0 Å². The average Bonchev–Trinajstić information content (AvgIpc) is 2.31. The van der Waals surface area contributed by atoms with Crippen LogP contribution in [0.2, 0.25) is 0 Å². The Kier molecular flexibility index (Phi) is 3.66. The molecule has 19 heavy (non-hydrogen) atoms. The average molecular weight is 264 g/mol. The maximum Gasteiger partial charge on any atom is 0.307 e. The van der Waals surface area contributed by atoms with E-state index in [9.17, 15) is 14.3 Å². The molecule has 1 N–H and O–H groups in total.